The molecular formula is C3H6F3Mg. The van der Waals surface area contributed by atoms with Crippen LogP contribution in [-0.2, 0) is 0 Å². The molecule has 0 bridgehead atoms. The Hall–Kier alpha value is 0.556. The van der Waals surface area contributed by atoms with Crippen molar-refractivity contribution in [2.24, 2.45) is 0 Å². The first-order valence-electron chi connectivity index (χ1n) is 1.42. The van der Waals surface area contributed by atoms with Crippen LogP contribution in [0.25, 0.3) is 0 Å². The predicted octanol–water partition coefficient (Wildman–Crippen LogP) is 0.857. The highest BCUT2D eigenvalue weighted by atomic mass is 24.3. The Morgan fingerprint density at radius 2 is 1.43 bits per heavy atom. The molecule has 0 aliphatic rings. The van der Waals surface area contributed by atoms with Crippen LogP contribution in [-0.4, -0.2) is 29.2 Å². The molecule has 0 spiro atoms. The highest BCUT2D eigenvalue weighted by Crippen LogP contribution is 2.17. The van der Waals surface area contributed by atoms with Gasteiger partial charge in [0.05, 0.1) is 0 Å². The molecule has 1 radical (unpaired) electrons. The fourth-order valence-corrected chi connectivity index (χ4v) is 0. The number of halogens is 3. The van der Waals surface area contributed by atoms with Crippen LogP contribution in [0.2, 0.25) is 0 Å². The molecule has 0 atom stereocenters. The maximum absolute atomic E-state index is 10.7. The summed E-state index contributed by atoms with van der Waals surface area (Å²) in [6.45, 7) is 2.63. The summed E-state index contributed by atoms with van der Waals surface area (Å²) < 4.78 is 32.2. The van der Waals surface area contributed by atoms with E-state index in [1.807, 2.05) is 0 Å². The Morgan fingerprint density at radius 3 is 1.43 bits per heavy atom. The molecule has 0 fully saturated rings. The van der Waals surface area contributed by atoms with Gasteiger partial charge in [-0.25, -0.2) is 0 Å². The molecular weight excluding hydrogens is 117 g/mol. The fourth-order valence-electron chi connectivity index (χ4n) is 0. The van der Waals surface area contributed by atoms with Crippen LogP contribution in [0.4, 0.5) is 13.2 Å². The van der Waals surface area contributed by atoms with Crippen molar-refractivity contribution in [3.63, 3.8) is 0 Å². The second kappa shape index (κ2) is 3.54. The first-order chi connectivity index (χ1) is 2.56. The Kier molecular flexibility index (Phi) is 5.33. The minimum absolute atomic E-state index is 0. The van der Waals surface area contributed by atoms with Crippen LogP contribution in [0.5, 0.6) is 0 Å². The van der Waals surface area contributed by atoms with Crippen LogP contribution < -0.4 is 0 Å². The quantitative estimate of drug-likeness (QED) is 0.419. The minimum Gasteiger partial charge on any atom is -0.171 e. The lowest BCUT2D eigenvalue weighted by Crippen LogP contribution is -2.02. The van der Waals surface area contributed by atoms with Crippen molar-refractivity contribution in [1.29, 1.82) is 0 Å². The van der Waals surface area contributed by atoms with Crippen molar-refractivity contribution in [1.82, 2.24) is 0 Å². The zero-order chi connectivity index (χ0) is 5.21. The van der Waals surface area contributed by atoms with Gasteiger partial charge in [0.15, 0.2) is 0 Å². The van der Waals surface area contributed by atoms with Crippen molar-refractivity contribution in [2.75, 3.05) is 0 Å². The van der Waals surface area contributed by atoms with Crippen LogP contribution in [0.3, 0.4) is 0 Å². The summed E-state index contributed by atoms with van der Waals surface area (Å²) in [7, 11) is 0. The first kappa shape index (κ1) is 10.5. The minimum atomic E-state index is -4.07. The first-order valence-corrected chi connectivity index (χ1v) is 1.42. The van der Waals surface area contributed by atoms with Crippen LogP contribution >= 0.6 is 0 Å². The average molecular weight is 123 g/mol. The van der Waals surface area contributed by atoms with Gasteiger partial charge in [0, 0.05) is 6.42 Å². The molecule has 41 valence electrons. The Balaban J connectivity index is 0. The maximum atomic E-state index is 10.7. The number of hydrogen-bond donors (Lipinski definition) is 0. The zero-order valence-corrected chi connectivity index (χ0v) is 3.05. The third-order valence-corrected chi connectivity index (χ3v) is 0.283. The Bertz CT molecular complexity index is 39.9. The van der Waals surface area contributed by atoms with Gasteiger partial charge in [-0.1, -0.05) is 0 Å². The molecule has 0 aromatic carbocycles. The zero-order valence-electron chi connectivity index (χ0n) is 3.05. The molecule has 7 heavy (non-hydrogen) atoms. The van der Waals surface area contributed by atoms with Gasteiger partial charge >= 0.3 is 29.2 Å². The lowest BCUT2D eigenvalue weighted by Gasteiger charge is -1.96. The van der Waals surface area contributed by atoms with Crippen molar-refractivity contribution < 1.29 is 13.2 Å². The van der Waals surface area contributed by atoms with Gasteiger partial charge in [-0.2, -0.15) is 13.2 Å². The SMILES string of the molecule is [CH2]CC(F)(F)F.[MgH2]. The van der Waals surface area contributed by atoms with E-state index in [9.17, 15) is 13.2 Å². The molecule has 0 aromatic heterocycles. The van der Waals surface area contributed by atoms with Crippen LogP contribution in [0.1, 0.15) is 6.42 Å². The van der Waals surface area contributed by atoms with E-state index >= 15 is 0 Å². The van der Waals surface area contributed by atoms with Gasteiger partial charge in [-0.05, 0) is 6.92 Å². The fraction of sp³-hybridized carbons (Fsp3) is 0.667. The van der Waals surface area contributed by atoms with E-state index in [0.717, 1.165) is 0 Å². The summed E-state index contributed by atoms with van der Waals surface area (Å²) in [6.07, 6.45) is -5.05. The predicted molar refractivity (Wildman–Crippen MR) is 24.6 cm³/mol. The van der Waals surface area contributed by atoms with E-state index in [-0.39, 0.29) is 23.1 Å². The summed E-state index contributed by atoms with van der Waals surface area (Å²) in [4.78, 5) is 0. The number of hydrogen-bond acceptors (Lipinski definition) is 0. The molecule has 0 N–H and O–H groups in total. The highest BCUT2D eigenvalue weighted by Gasteiger charge is 2.22. The van der Waals surface area contributed by atoms with Gasteiger partial charge in [-0.3, -0.25) is 0 Å². The molecule has 0 amide bonds. The summed E-state index contributed by atoms with van der Waals surface area (Å²) in [5.74, 6) is 0. The molecule has 0 unspecified atom stereocenters. The molecule has 0 heterocycles. The summed E-state index contributed by atoms with van der Waals surface area (Å²) in [5.41, 5.74) is 0. The summed E-state index contributed by atoms with van der Waals surface area (Å²) >= 11 is 0. The average Bonchev–Trinajstić information content (AvgIpc) is 1.35. The lowest BCUT2D eigenvalue weighted by atomic mass is 10.5. The largest absolute Gasteiger partial charge is 0.389 e. The van der Waals surface area contributed by atoms with E-state index in [0.29, 0.717) is 0 Å². The van der Waals surface area contributed by atoms with Gasteiger partial charge < -0.3 is 0 Å². The van der Waals surface area contributed by atoms with Crippen LogP contribution in [0.15, 0.2) is 0 Å². The molecule has 0 rings (SSSR count). The number of alkyl halides is 3. The van der Waals surface area contributed by atoms with E-state index in [2.05, 4.69) is 6.92 Å². The number of rotatable bonds is 0. The molecule has 0 saturated heterocycles. The Labute approximate surface area is 56.2 Å². The standard InChI is InChI=1S/C3H4F3.Mg.2H/c1-2-3(4,5)6;;;/h1-2H2;;;. The molecule has 0 aromatic rings. The van der Waals surface area contributed by atoms with Gasteiger partial charge in [0.2, 0.25) is 0 Å². The topological polar surface area (TPSA) is 0 Å². The second-order valence-corrected chi connectivity index (χ2v) is 0.865. The van der Waals surface area contributed by atoms with E-state index < -0.39 is 12.6 Å². The van der Waals surface area contributed by atoms with Crippen molar-refractivity contribution in [3.8, 4) is 0 Å². The maximum Gasteiger partial charge on any atom is 0.389 e. The smallest absolute Gasteiger partial charge is 0.171 e. The summed E-state index contributed by atoms with van der Waals surface area (Å²) in [5, 5.41) is 0. The third-order valence-electron chi connectivity index (χ3n) is 0.283. The third kappa shape index (κ3) is 10.8. The molecule has 0 nitrogen and oxygen atoms in total. The molecule has 0 aliphatic carbocycles. The summed E-state index contributed by atoms with van der Waals surface area (Å²) in [6, 6.07) is 0. The van der Waals surface area contributed by atoms with Crippen molar-refractivity contribution in [2.45, 2.75) is 12.6 Å². The van der Waals surface area contributed by atoms with E-state index in [1.54, 1.807) is 0 Å². The van der Waals surface area contributed by atoms with E-state index in [1.165, 1.54) is 0 Å². The van der Waals surface area contributed by atoms with Crippen molar-refractivity contribution in [3.05, 3.63) is 6.92 Å². The molecule has 0 saturated carbocycles. The lowest BCUT2D eigenvalue weighted by molar-refractivity contribution is -0.125. The van der Waals surface area contributed by atoms with Gasteiger partial charge in [-0.15, -0.1) is 0 Å². The molecule has 4 heteroatoms. The Morgan fingerprint density at radius 1 is 1.29 bits per heavy atom. The van der Waals surface area contributed by atoms with E-state index in [4.69, 9.17) is 0 Å². The van der Waals surface area contributed by atoms with Gasteiger partial charge in [0.1, 0.15) is 0 Å². The van der Waals surface area contributed by atoms with Crippen LogP contribution in [0, 0.1) is 6.92 Å². The van der Waals surface area contributed by atoms with Gasteiger partial charge in [0.25, 0.3) is 0 Å². The van der Waals surface area contributed by atoms with Crippen molar-refractivity contribution >= 4 is 23.1 Å². The molecule has 0 aliphatic heterocycles. The monoisotopic (exact) mass is 123 g/mol. The highest BCUT2D eigenvalue weighted by molar-refractivity contribution is 5.75. The normalized spacial score (nSPS) is 10.3. The second-order valence-electron chi connectivity index (χ2n) is 0.865.